The standard InChI is InChI=1S/C13H22N2O8/c1-5(16)9(14-6(2)17)11-10(15-7(3)18)8(19)4-13(22,23-11)12(20)21/h5,8-11,16,19,22H,4H2,1-3H3,(H,14,17)(H,15,18)(H,20,21)/t5-,8+,9-,10-,11?,13+/m1/s1. The van der Waals surface area contributed by atoms with Crippen LogP contribution >= 0.6 is 0 Å². The highest BCUT2D eigenvalue weighted by molar-refractivity contribution is 5.76. The fraction of sp³-hybridized carbons (Fsp3) is 0.769. The Morgan fingerprint density at radius 3 is 2.22 bits per heavy atom. The van der Waals surface area contributed by atoms with Crippen LogP contribution in [0.1, 0.15) is 27.2 Å². The van der Waals surface area contributed by atoms with Gasteiger partial charge in [-0.2, -0.15) is 0 Å². The largest absolute Gasteiger partial charge is 0.477 e. The fourth-order valence-corrected chi connectivity index (χ4v) is 2.54. The van der Waals surface area contributed by atoms with Crippen LogP contribution in [0.2, 0.25) is 0 Å². The van der Waals surface area contributed by atoms with E-state index in [4.69, 9.17) is 9.84 Å². The zero-order valence-electron chi connectivity index (χ0n) is 13.0. The molecule has 1 saturated heterocycles. The van der Waals surface area contributed by atoms with Crippen LogP contribution in [0.3, 0.4) is 0 Å². The lowest BCUT2D eigenvalue weighted by Crippen LogP contribution is -2.69. The van der Waals surface area contributed by atoms with Gasteiger partial charge in [0.1, 0.15) is 6.10 Å². The highest BCUT2D eigenvalue weighted by Gasteiger charge is 2.53. The van der Waals surface area contributed by atoms with E-state index in [-0.39, 0.29) is 0 Å². The van der Waals surface area contributed by atoms with Crippen LogP contribution in [0.5, 0.6) is 0 Å². The predicted molar refractivity (Wildman–Crippen MR) is 75.0 cm³/mol. The molecule has 0 aromatic carbocycles. The molecule has 1 aliphatic heterocycles. The maximum Gasteiger partial charge on any atom is 0.364 e. The van der Waals surface area contributed by atoms with Gasteiger partial charge in [-0.3, -0.25) is 9.59 Å². The Labute approximate surface area is 132 Å². The van der Waals surface area contributed by atoms with Gasteiger partial charge < -0.3 is 35.8 Å². The minimum atomic E-state index is -2.70. The molecule has 2 amide bonds. The van der Waals surface area contributed by atoms with Gasteiger partial charge >= 0.3 is 5.97 Å². The zero-order valence-corrected chi connectivity index (χ0v) is 13.0. The van der Waals surface area contributed by atoms with Gasteiger partial charge in [0.15, 0.2) is 0 Å². The Balaban J connectivity index is 3.21. The lowest BCUT2D eigenvalue weighted by Gasteiger charge is -2.45. The van der Waals surface area contributed by atoms with Crippen molar-refractivity contribution in [1.29, 1.82) is 0 Å². The predicted octanol–water partition coefficient (Wildman–Crippen LogP) is -2.70. The first-order chi connectivity index (χ1) is 10.5. The SMILES string of the molecule is CC(=O)N[C@@H](C1O[C@](O)(C(=O)O)C[C@H](O)[C@H]1NC(C)=O)[C@@H](C)O. The highest BCUT2D eigenvalue weighted by atomic mass is 16.7. The van der Waals surface area contributed by atoms with E-state index >= 15 is 0 Å². The number of ether oxygens (including phenoxy) is 1. The van der Waals surface area contributed by atoms with Crippen molar-refractivity contribution in [2.75, 3.05) is 0 Å². The molecule has 6 atom stereocenters. The van der Waals surface area contributed by atoms with E-state index in [0.29, 0.717) is 0 Å². The van der Waals surface area contributed by atoms with Gasteiger partial charge in [-0.05, 0) is 6.92 Å². The summed E-state index contributed by atoms with van der Waals surface area (Å²) in [6, 6.07) is -2.29. The third kappa shape index (κ3) is 4.61. The second-order valence-electron chi connectivity index (χ2n) is 5.64. The van der Waals surface area contributed by atoms with Crippen LogP contribution < -0.4 is 10.6 Å². The smallest absolute Gasteiger partial charge is 0.364 e. The number of hydrogen-bond donors (Lipinski definition) is 6. The molecule has 10 nitrogen and oxygen atoms in total. The maximum absolute atomic E-state index is 11.3. The molecule has 0 aromatic rings. The van der Waals surface area contributed by atoms with Crippen molar-refractivity contribution >= 4 is 17.8 Å². The van der Waals surface area contributed by atoms with E-state index in [1.54, 1.807) is 0 Å². The Morgan fingerprint density at radius 1 is 1.26 bits per heavy atom. The van der Waals surface area contributed by atoms with Crippen molar-refractivity contribution in [3.63, 3.8) is 0 Å². The Morgan fingerprint density at radius 2 is 1.83 bits per heavy atom. The Hall–Kier alpha value is -1.75. The van der Waals surface area contributed by atoms with Gasteiger partial charge in [0.05, 0.1) is 24.3 Å². The molecule has 0 saturated carbocycles. The molecule has 1 fully saturated rings. The summed E-state index contributed by atoms with van der Waals surface area (Å²) in [5.41, 5.74) is 0. The van der Waals surface area contributed by atoms with Gasteiger partial charge in [0.25, 0.3) is 5.79 Å². The van der Waals surface area contributed by atoms with Gasteiger partial charge in [-0.15, -0.1) is 0 Å². The van der Waals surface area contributed by atoms with E-state index in [1.807, 2.05) is 0 Å². The van der Waals surface area contributed by atoms with Crippen molar-refractivity contribution in [1.82, 2.24) is 10.6 Å². The van der Waals surface area contributed by atoms with Crippen molar-refractivity contribution in [3.05, 3.63) is 0 Å². The van der Waals surface area contributed by atoms with E-state index in [9.17, 15) is 29.7 Å². The van der Waals surface area contributed by atoms with E-state index in [2.05, 4.69) is 10.6 Å². The number of carbonyl (C=O) groups excluding carboxylic acids is 2. The van der Waals surface area contributed by atoms with Crippen LogP contribution in [0, 0.1) is 0 Å². The molecule has 0 aromatic heterocycles. The number of carboxylic acid groups (broad SMARTS) is 1. The van der Waals surface area contributed by atoms with Crippen LogP contribution in [0.15, 0.2) is 0 Å². The second-order valence-corrected chi connectivity index (χ2v) is 5.64. The summed E-state index contributed by atoms with van der Waals surface area (Å²) in [6.45, 7) is 3.67. The molecule has 0 bridgehead atoms. The first-order valence-corrected chi connectivity index (χ1v) is 7.02. The molecule has 0 spiro atoms. The summed E-state index contributed by atoms with van der Waals surface area (Å²) in [5.74, 6) is -5.50. The molecule has 23 heavy (non-hydrogen) atoms. The van der Waals surface area contributed by atoms with Crippen LogP contribution in [0.25, 0.3) is 0 Å². The number of aliphatic hydroxyl groups excluding tert-OH is 2. The lowest BCUT2D eigenvalue weighted by molar-refractivity contribution is -0.283. The lowest BCUT2D eigenvalue weighted by atomic mass is 9.87. The van der Waals surface area contributed by atoms with Gasteiger partial charge in [-0.25, -0.2) is 4.79 Å². The zero-order chi connectivity index (χ0) is 17.9. The molecule has 132 valence electrons. The summed E-state index contributed by atoms with van der Waals surface area (Å²) in [4.78, 5) is 33.8. The summed E-state index contributed by atoms with van der Waals surface area (Å²) in [5, 5.41) is 43.8. The van der Waals surface area contributed by atoms with Crippen LogP contribution in [-0.2, 0) is 19.1 Å². The summed E-state index contributed by atoms with van der Waals surface area (Å²) in [7, 11) is 0. The highest BCUT2D eigenvalue weighted by Crippen LogP contribution is 2.30. The number of amides is 2. The third-order valence-electron chi connectivity index (χ3n) is 3.53. The summed E-state index contributed by atoms with van der Waals surface area (Å²) < 4.78 is 5.15. The topological polar surface area (TPSA) is 165 Å². The molecule has 1 aliphatic rings. The van der Waals surface area contributed by atoms with E-state index in [0.717, 1.165) is 0 Å². The number of hydrogen-bond acceptors (Lipinski definition) is 7. The number of aliphatic hydroxyl groups is 3. The normalized spacial score (nSPS) is 33.4. The van der Waals surface area contributed by atoms with E-state index < -0.39 is 60.4 Å². The average Bonchev–Trinajstić information content (AvgIpc) is 2.38. The molecule has 6 N–H and O–H groups in total. The van der Waals surface area contributed by atoms with Gasteiger partial charge in [0.2, 0.25) is 11.8 Å². The molecule has 10 heteroatoms. The third-order valence-corrected chi connectivity index (χ3v) is 3.53. The number of carbonyl (C=O) groups is 3. The van der Waals surface area contributed by atoms with Crippen molar-refractivity contribution < 1.29 is 39.5 Å². The van der Waals surface area contributed by atoms with Crippen molar-refractivity contribution in [3.8, 4) is 0 Å². The van der Waals surface area contributed by atoms with Crippen LogP contribution in [-0.4, -0.2) is 74.4 Å². The molecule has 1 rings (SSSR count). The van der Waals surface area contributed by atoms with E-state index in [1.165, 1.54) is 20.8 Å². The quantitative estimate of drug-likeness (QED) is 0.316. The van der Waals surface area contributed by atoms with Crippen molar-refractivity contribution in [2.24, 2.45) is 0 Å². The Bertz CT molecular complexity index is 465. The molecule has 1 unspecified atom stereocenters. The van der Waals surface area contributed by atoms with Gasteiger partial charge in [0, 0.05) is 20.3 Å². The van der Waals surface area contributed by atoms with Crippen molar-refractivity contribution in [2.45, 2.75) is 63.4 Å². The second kappa shape index (κ2) is 7.21. The number of aliphatic carboxylic acids is 1. The minimum Gasteiger partial charge on any atom is -0.477 e. The summed E-state index contributed by atoms with van der Waals surface area (Å²) in [6.07, 6.45) is -4.72. The average molecular weight is 334 g/mol. The Kier molecular flexibility index (Phi) is 6.05. The number of carboxylic acids is 1. The summed E-state index contributed by atoms with van der Waals surface area (Å²) >= 11 is 0. The molecule has 0 aliphatic carbocycles. The molecular weight excluding hydrogens is 312 g/mol. The first kappa shape index (κ1) is 19.3. The maximum atomic E-state index is 11.3. The number of rotatable bonds is 5. The molecule has 0 radical (unpaired) electrons. The minimum absolute atomic E-state index is 0.532. The fourth-order valence-electron chi connectivity index (χ4n) is 2.54. The van der Waals surface area contributed by atoms with Crippen LogP contribution in [0.4, 0.5) is 0 Å². The molecular formula is C13H22N2O8. The molecule has 1 heterocycles. The first-order valence-electron chi connectivity index (χ1n) is 7.02. The van der Waals surface area contributed by atoms with Gasteiger partial charge in [-0.1, -0.05) is 0 Å². The monoisotopic (exact) mass is 334 g/mol. The number of nitrogens with one attached hydrogen (secondary N) is 2.